The molecular weight excluding hydrogens is 403 g/mol. The van der Waals surface area contributed by atoms with Crippen molar-refractivity contribution >= 4 is 19.4 Å². The van der Waals surface area contributed by atoms with Gasteiger partial charge in [-0.3, -0.25) is 13.6 Å². The van der Waals surface area contributed by atoms with E-state index in [4.69, 9.17) is 48.9 Å². The van der Waals surface area contributed by atoms with Crippen molar-refractivity contribution in [1.82, 2.24) is 0 Å². The number of phosphoric ester groups is 1. The first-order valence-corrected chi connectivity index (χ1v) is 11.1. The zero-order valence-corrected chi connectivity index (χ0v) is 17.4. The number of ether oxygens (including phenoxy) is 5. The van der Waals surface area contributed by atoms with E-state index < -0.39 is 50.1 Å². The summed E-state index contributed by atoms with van der Waals surface area (Å²) in [5.41, 5.74) is 0. The first kappa shape index (κ1) is 20.5. The highest BCUT2D eigenvalue weighted by molar-refractivity contribution is 7.48. The molecule has 0 aromatic rings. The molecule has 9 nitrogen and oxygen atoms in total. The maximum Gasteiger partial charge on any atom is 0.475 e. The van der Waals surface area contributed by atoms with Gasteiger partial charge in [0.2, 0.25) is 0 Å². The van der Waals surface area contributed by atoms with Crippen LogP contribution in [0.5, 0.6) is 0 Å². The van der Waals surface area contributed by atoms with Crippen LogP contribution in [-0.2, 0) is 41.8 Å². The summed E-state index contributed by atoms with van der Waals surface area (Å²) >= 11 is 5.80. The topological polar surface area (TPSA) is 90.9 Å². The predicted molar refractivity (Wildman–Crippen MR) is 92.2 cm³/mol. The number of halogens is 1. The Labute approximate surface area is 163 Å². The third kappa shape index (κ3) is 4.23. The van der Waals surface area contributed by atoms with E-state index in [0.29, 0.717) is 6.42 Å². The minimum Gasteiger partial charge on any atom is -0.342 e. The summed E-state index contributed by atoms with van der Waals surface area (Å²) in [6.07, 6.45) is -2.34. The second-order valence-corrected chi connectivity index (χ2v) is 9.88. The number of hydrogen-bond acceptors (Lipinski definition) is 9. The summed E-state index contributed by atoms with van der Waals surface area (Å²) in [5.74, 6) is -1.40. The molecule has 7 atom stereocenters. The molecule has 0 aromatic heterocycles. The quantitative estimate of drug-likeness (QED) is 0.494. The molecule has 0 N–H and O–H groups in total. The van der Waals surface area contributed by atoms with Crippen molar-refractivity contribution in [3.63, 3.8) is 0 Å². The first-order chi connectivity index (χ1) is 12.6. The Morgan fingerprint density at radius 3 is 2.44 bits per heavy atom. The zero-order chi connectivity index (χ0) is 19.4. The Morgan fingerprint density at radius 1 is 1.04 bits per heavy atom. The Morgan fingerprint density at radius 2 is 1.70 bits per heavy atom. The Balaban J connectivity index is 1.47. The van der Waals surface area contributed by atoms with Gasteiger partial charge >= 0.3 is 7.82 Å². The number of rotatable bonds is 4. The van der Waals surface area contributed by atoms with Crippen molar-refractivity contribution < 1.29 is 41.8 Å². The molecule has 156 valence electrons. The van der Waals surface area contributed by atoms with Gasteiger partial charge in [0.1, 0.15) is 24.4 Å². The number of fused-ring (bicyclic) bond motifs is 3. The fourth-order valence-corrected chi connectivity index (χ4v) is 5.43. The van der Waals surface area contributed by atoms with Crippen molar-refractivity contribution in [2.24, 2.45) is 0 Å². The van der Waals surface area contributed by atoms with E-state index >= 15 is 0 Å². The molecule has 0 saturated carbocycles. The molecule has 0 spiro atoms. The average molecular weight is 429 g/mol. The van der Waals surface area contributed by atoms with Gasteiger partial charge in [-0.2, -0.15) is 0 Å². The molecule has 4 heterocycles. The van der Waals surface area contributed by atoms with Gasteiger partial charge < -0.3 is 23.7 Å². The van der Waals surface area contributed by atoms with Gasteiger partial charge in [0, 0.05) is 5.88 Å². The van der Waals surface area contributed by atoms with Crippen LogP contribution >= 0.6 is 19.4 Å². The normalized spacial score (nSPS) is 48.2. The van der Waals surface area contributed by atoms with E-state index in [-0.39, 0.29) is 25.2 Å². The molecule has 11 heteroatoms. The van der Waals surface area contributed by atoms with Crippen molar-refractivity contribution in [3.05, 3.63) is 0 Å². The zero-order valence-electron chi connectivity index (χ0n) is 15.8. The summed E-state index contributed by atoms with van der Waals surface area (Å²) in [7, 11) is -3.71. The second-order valence-electron chi connectivity index (χ2n) is 7.95. The molecule has 0 radical (unpaired) electrons. The van der Waals surface area contributed by atoms with E-state index in [1.165, 1.54) is 0 Å². The minimum absolute atomic E-state index is 0.0695. The van der Waals surface area contributed by atoms with Gasteiger partial charge in [0.15, 0.2) is 17.9 Å². The monoisotopic (exact) mass is 428 g/mol. The summed E-state index contributed by atoms with van der Waals surface area (Å²) in [6, 6.07) is 0. The van der Waals surface area contributed by atoms with E-state index in [1.807, 2.05) is 27.7 Å². The number of hydrogen-bond donors (Lipinski definition) is 0. The predicted octanol–water partition coefficient (Wildman–Crippen LogP) is 2.55. The first-order valence-electron chi connectivity index (χ1n) is 9.10. The summed E-state index contributed by atoms with van der Waals surface area (Å²) < 4.78 is 58.6. The summed E-state index contributed by atoms with van der Waals surface area (Å²) in [4.78, 5) is 0. The van der Waals surface area contributed by atoms with Crippen molar-refractivity contribution in [2.75, 3.05) is 19.1 Å². The van der Waals surface area contributed by atoms with Crippen molar-refractivity contribution in [2.45, 2.75) is 82.5 Å². The molecule has 4 aliphatic heterocycles. The fraction of sp³-hybridized carbons (Fsp3) is 1.00. The highest BCUT2D eigenvalue weighted by Gasteiger charge is 2.61. The lowest BCUT2D eigenvalue weighted by Crippen LogP contribution is -2.56. The molecule has 4 saturated heterocycles. The molecule has 4 fully saturated rings. The maximum absolute atomic E-state index is 12.7. The van der Waals surface area contributed by atoms with Crippen LogP contribution in [0.4, 0.5) is 0 Å². The van der Waals surface area contributed by atoms with Crippen LogP contribution in [-0.4, -0.2) is 67.5 Å². The molecule has 0 amide bonds. The Hall–Kier alpha value is 0.200. The van der Waals surface area contributed by atoms with E-state index in [1.54, 1.807) is 0 Å². The Bertz CT molecular complexity index is 615. The summed E-state index contributed by atoms with van der Waals surface area (Å²) in [6.45, 7) is 7.45. The van der Waals surface area contributed by atoms with Crippen LogP contribution in [0.1, 0.15) is 34.1 Å². The van der Waals surface area contributed by atoms with Crippen molar-refractivity contribution in [3.8, 4) is 0 Å². The molecule has 0 aromatic carbocycles. The Kier molecular flexibility index (Phi) is 5.43. The van der Waals surface area contributed by atoms with E-state index in [0.717, 1.165) is 0 Å². The SMILES string of the molecule is CC1(C)O[C@H]2[C@@H](O1)[C@@H](CO[P@]1(=O)OCC[C@@H](CCl)O1)O[C@@H]1OC(C)(C)O[C@@H]12. The lowest BCUT2D eigenvalue weighted by molar-refractivity contribution is -0.239. The minimum atomic E-state index is -3.71. The van der Waals surface area contributed by atoms with Gasteiger partial charge in [0.25, 0.3) is 0 Å². The third-order valence-corrected chi connectivity index (χ3v) is 6.65. The van der Waals surface area contributed by atoms with Crippen LogP contribution in [0, 0.1) is 0 Å². The molecule has 27 heavy (non-hydrogen) atoms. The van der Waals surface area contributed by atoms with E-state index in [9.17, 15) is 4.57 Å². The van der Waals surface area contributed by atoms with Crippen LogP contribution < -0.4 is 0 Å². The molecular formula is C16H26ClO9P. The van der Waals surface area contributed by atoms with Crippen LogP contribution in [0.2, 0.25) is 0 Å². The maximum atomic E-state index is 12.7. The lowest BCUT2D eigenvalue weighted by Gasteiger charge is -2.37. The standard InChI is InChI=1S/C16H26ClO9P/c1-15(2)22-11-10(8-20-27(18)19-6-5-9(7-17)26-27)21-14-13(12(11)23-15)24-16(3,4)25-14/h9-14H,5-8H2,1-4H3/t9-,10+,11-,12-,13+,14+,27-/m0/s1. The highest BCUT2D eigenvalue weighted by Crippen LogP contribution is 2.54. The average Bonchev–Trinajstić information content (AvgIpc) is 3.06. The van der Waals surface area contributed by atoms with Crippen LogP contribution in [0.3, 0.4) is 0 Å². The number of alkyl halides is 1. The largest absolute Gasteiger partial charge is 0.475 e. The molecule has 0 unspecified atom stereocenters. The second kappa shape index (κ2) is 7.16. The van der Waals surface area contributed by atoms with Gasteiger partial charge in [-0.05, 0) is 34.1 Å². The molecule has 4 aliphatic rings. The number of phosphoric acid groups is 1. The van der Waals surface area contributed by atoms with E-state index in [2.05, 4.69) is 0 Å². The fourth-order valence-electron chi connectivity index (χ4n) is 3.73. The van der Waals surface area contributed by atoms with Gasteiger partial charge in [-0.15, -0.1) is 11.6 Å². The lowest BCUT2D eigenvalue weighted by atomic mass is 9.99. The van der Waals surface area contributed by atoms with Crippen LogP contribution in [0.15, 0.2) is 0 Å². The van der Waals surface area contributed by atoms with Gasteiger partial charge in [0.05, 0.1) is 19.3 Å². The van der Waals surface area contributed by atoms with Gasteiger partial charge in [-0.25, -0.2) is 4.57 Å². The van der Waals surface area contributed by atoms with Crippen molar-refractivity contribution in [1.29, 1.82) is 0 Å². The molecule has 4 rings (SSSR count). The highest BCUT2D eigenvalue weighted by atomic mass is 35.5. The molecule has 0 aliphatic carbocycles. The summed E-state index contributed by atoms with van der Waals surface area (Å²) in [5, 5.41) is 0. The smallest absolute Gasteiger partial charge is 0.342 e. The van der Waals surface area contributed by atoms with Gasteiger partial charge in [-0.1, -0.05) is 0 Å². The van der Waals surface area contributed by atoms with Crippen LogP contribution in [0.25, 0.3) is 0 Å². The third-order valence-electron chi connectivity index (χ3n) is 4.79. The molecule has 0 bridgehead atoms.